The molecule has 2 aliphatic heterocycles. The van der Waals surface area contributed by atoms with Crippen molar-refractivity contribution >= 4 is 22.1 Å². The lowest BCUT2D eigenvalue weighted by Gasteiger charge is -2.62. The second kappa shape index (κ2) is 5.41. The van der Waals surface area contributed by atoms with Crippen LogP contribution in [0.3, 0.4) is 0 Å². The molecular formula is C16H18F2O9S. The van der Waals surface area contributed by atoms with E-state index in [4.69, 9.17) is 23.5 Å². The predicted molar refractivity (Wildman–Crippen MR) is 82.3 cm³/mol. The van der Waals surface area contributed by atoms with Gasteiger partial charge >= 0.3 is 27.3 Å². The Balaban J connectivity index is 1.40. The Kier molecular flexibility index (Phi) is 3.60. The number of carbonyl (C=O) groups excluding carboxylic acids is 2. The fraction of sp³-hybridized carbons (Fsp3) is 0.875. The highest BCUT2D eigenvalue weighted by Crippen LogP contribution is 2.65. The summed E-state index contributed by atoms with van der Waals surface area (Å²) in [5, 5.41) is -5.03. The van der Waals surface area contributed by atoms with Crippen molar-refractivity contribution in [2.45, 2.75) is 61.0 Å². The lowest BCUT2D eigenvalue weighted by atomic mass is 9.51. The van der Waals surface area contributed by atoms with Crippen molar-refractivity contribution in [3.8, 4) is 0 Å². The number of hydrogen-bond donors (Lipinski definition) is 1. The molecule has 1 spiro atoms. The van der Waals surface area contributed by atoms with E-state index in [0.29, 0.717) is 19.3 Å². The zero-order chi connectivity index (χ0) is 20.1. The molecule has 4 bridgehead atoms. The van der Waals surface area contributed by atoms with Crippen LogP contribution in [0.15, 0.2) is 0 Å². The van der Waals surface area contributed by atoms with Crippen molar-refractivity contribution in [2.75, 3.05) is 6.61 Å². The molecule has 12 heteroatoms. The minimum atomic E-state index is -5.93. The zero-order valence-electron chi connectivity index (χ0n) is 14.5. The van der Waals surface area contributed by atoms with E-state index in [0.717, 1.165) is 0 Å². The summed E-state index contributed by atoms with van der Waals surface area (Å²) in [6.45, 7) is 0.0921. The molecule has 4 aliphatic carbocycles. The van der Waals surface area contributed by atoms with Crippen molar-refractivity contribution in [3.63, 3.8) is 0 Å². The summed E-state index contributed by atoms with van der Waals surface area (Å²) in [6.07, 6.45) is 0.632. The summed E-state index contributed by atoms with van der Waals surface area (Å²) in [6, 6.07) is 0. The summed E-state index contributed by atoms with van der Waals surface area (Å²) in [5.41, 5.74) is -1.27. The van der Waals surface area contributed by atoms with E-state index < -0.39 is 50.9 Å². The molecule has 4 saturated carbocycles. The molecule has 28 heavy (non-hydrogen) atoms. The monoisotopic (exact) mass is 424 g/mol. The molecule has 6 aliphatic rings. The molecule has 3 unspecified atom stereocenters. The largest absolute Gasteiger partial charge is 0.465 e. The maximum absolute atomic E-state index is 13.7. The van der Waals surface area contributed by atoms with Gasteiger partial charge in [-0.2, -0.15) is 17.2 Å². The predicted octanol–water partition coefficient (Wildman–Crippen LogP) is 0.626. The quantitative estimate of drug-likeness (QED) is 0.513. The second-order valence-electron chi connectivity index (χ2n) is 8.45. The van der Waals surface area contributed by atoms with Gasteiger partial charge in [0.05, 0.1) is 0 Å². The molecule has 0 amide bonds. The van der Waals surface area contributed by atoms with Crippen LogP contribution in [0.2, 0.25) is 0 Å². The number of cyclic esters (lactones) is 1. The van der Waals surface area contributed by atoms with E-state index >= 15 is 0 Å². The van der Waals surface area contributed by atoms with E-state index in [1.165, 1.54) is 0 Å². The third-order valence-electron chi connectivity index (χ3n) is 6.75. The van der Waals surface area contributed by atoms with E-state index in [-0.39, 0.29) is 37.2 Å². The Morgan fingerprint density at radius 3 is 2.39 bits per heavy atom. The van der Waals surface area contributed by atoms with Crippen molar-refractivity contribution in [3.05, 3.63) is 0 Å². The molecule has 0 aromatic rings. The molecule has 0 aromatic carbocycles. The van der Waals surface area contributed by atoms with Crippen LogP contribution in [0.25, 0.3) is 0 Å². The fourth-order valence-corrected chi connectivity index (χ4v) is 6.15. The Morgan fingerprint density at radius 2 is 1.82 bits per heavy atom. The number of ether oxygens (including phenoxy) is 4. The molecule has 1 N–H and O–H groups in total. The summed E-state index contributed by atoms with van der Waals surface area (Å²) in [7, 11) is -5.93. The van der Waals surface area contributed by atoms with Crippen LogP contribution >= 0.6 is 0 Å². The number of carbonyl (C=O) groups is 2. The van der Waals surface area contributed by atoms with Gasteiger partial charge in [-0.25, -0.2) is 9.59 Å². The Hall–Kier alpha value is -1.37. The average Bonchev–Trinajstić information content (AvgIpc) is 3.11. The van der Waals surface area contributed by atoms with Gasteiger partial charge in [-0.05, 0) is 38.0 Å². The number of fused-ring (bicyclic) bond motifs is 1. The topological polar surface area (TPSA) is 125 Å². The van der Waals surface area contributed by atoms with Gasteiger partial charge in [0, 0.05) is 11.8 Å². The number of hydrogen-bond acceptors (Lipinski definition) is 8. The molecule has 6 rings (SSSR count). The normalized spacial score (nSPS) is 46.7. The number of rotatable bonds is 3. The minimum absolute atomic E-state index is 0.0786. The standard InChI is InChI=1S/C16H18F2O9S/c17-16(18,28(21,22)23)13(20)27-14-3-7-1-8(4-14)15(9(2-7)5-14)25-10-6-24-12(19)11(10)26-15/h7-11H,1-6H2,(H,21,22,23)/t7?,8?,9?,10?,11-,14?,15?/m1/s1. The maximum atomic E-state index is 13.7. The molecule has 9 nitrogen and oxygen atoms in total. The van der Waals surface area contributed by atoms with Crippen molar-refractivity contribution in [1.82, 2.24) is 0 Å². The molecule has 156 valence electrons. The Bertz CT molecular complexity index is 840. The van der Waals surface area contributed by atoms with Gasteiger partial charge in [-0.1, -0.05) is 0 Å². The molecule has 4 atom stereocenters. The average molecular weight is 424 g/mol. The van der Waals surface area contributed by atoms with E-state index in [2.05, 4.69) is 0 Å². The summed E-state index contributed by atoms with van der Waals surface area (Å²) < 4.78 is 79.8. The zero-order valence-corrected chi connectivity index (χ0v) is 15.3. The highest BCUT2D eigenvalue weighted by Gasteiger charge is 2.71. The van der Waals surface area contributed by atoms with Crippen LogP contribution in [0, 0.1) is 17.8 Å². The summed E-state index contributed by atoms with van der Waals surface area (Å²) >= 11 is 0. The van der Waals surface area contributed by atoms with Crippen LogP contribution in [-0.2, 0) is 38.7 Å². The Morgan fingerprint density at radius 1 is 1.18 bits per heavy atom. The van der Waals surface area contributed by atoms with Crippen molar-refractivity contribution in [1.29, 1.82) is 0 Å². The van der Waals surface area contributed by atoms with E-state index in [9.17, 15) is 26.8 Å². The first-order valence-corrected chi connectivity index (χ1v) is 10.5. The summed E-state index contributed by atoms with van der Waals surface area (Å²) in [5.74, 6) is -4.32. The van der Waals surface area contributed by atoms with Gasteiger partial charge < -0.3 is 18.9 Å². The number of alkyl halides is 2. The molecule has 0 aromatic heterocycles. The SMILES string of the molecule is O=C1OCC2OC3(O[C@@H]12)C1CC2CC3CC(OC(=O)C(F)(F)S(=O)(=O)O)(C2)C1. The third-order valence-corrected chi connectivity index (χ3v) is 7.56. The maximum Gasteiger partial charge on any atom is 0.465 e. The highest BCUT2D eigenvalue weighted by molar-refractivity contribution is 7.87. The lowest BCUT2D eigenvalue weighted by Crippen LogP contribution is -2.66. The minimum Gasteiger partial charge on any atom is -0.461 e. The van der Waals surface area contributed by atoms with Gasteiger partial charge in [0.2, 0.25) is 0 Å². The first-order valence-electron chi connectivity index (χ1n) is 9.06. The molecule has 6 fully saturated rings. The Labute approximate surface area is 158 Å². The smallest absolute Gasteiger partial charge is 0.461 e. The van der Waals surface area contributed by atoms with Crippen LogP contribution in [0.4, 0.5) is 8.78 Å². The van der Waals surface area contributed by atoms with Crippen molar-refractivity contribution < 1.29 is 50.3 Å². The molecule has 0 radical (unpaired) electrons. The van der Waals surface area contributed by atoms with Gasteiger partial charge in [-0.15, -0.1) is 0 Å². The van der Waals surface area contributed by atoms with Gasteiger partial charge in [-0.3, -0.25) is 4.55 Å². The second-order valence-corrected chi connectivity index (χ2v) is 9.92. The van der Waals surface area contributed by atoms with E-state index in [1.54, 1.807) is 0 Å². The number of halogens is 2. The van der Waals surface area contributed by atoms with Gasteiger partial charge in [0.25, 0.3) is 0 Å². The van der Waals surface area contributed by atoms with Crippen molar-refractivity contribution in [2.24, 2.45) is 17.8 Å². The lowest BCUT2D eigenvalue weighted by molar-refractivity contribution is -0.327. The van der Waals surface area contributed by atoms with Crippen LogP contribution in [0.5, 0.6) is 0 Å². The van der Waals surface area contributed by atoms with Gasteiger partial charge in [0.1, 0.15) is 18.3 Å². The third kappa shape index (κ3) is 2.34. The fourth-order valence-electron chi connectivity index (χ4n) is 5.89. The number of esters is 2. The highest BCUT2D eigenvalue weighted by atomic mass is 32.2. The first kappa shape index (κ1) is 18.6. The molecular weight excluding hydrogens is 406 g/mol. The molecule has 2 saturated heterocycles. The summed E-state index contributed by atoms with van der Waals surface area (Å²) in [4.78, 5) is 23.7. The van der Waals surface area contributed by atoms with Crippen LogP contribution in [-0.4, -0.2) is 60.4 Å². The van der Waals surface area contributed by atoms with Gasteiger partial charge in [0.15, 0.2) is 11.9 Å². The molecule has 2 heterocycles. The van der Waals surface area contributed by atoms with E-state index in [1.807, 2.05) is 0 Å². The van der Waals surface area contributed by atoms with Crippen LogP contribution in [0.1, 0.15) is 32.1 Å². The first-order chi connectivity index (χ1) is 13.0. The van der Waals surface area contributed by atoms with Crippen LogP contribution < -0.4 is 0 Å².